The van der Waals surface area contributed by atoms with Gasteiger partial charge in [0.2, 0.25) is 7.37 Å². The second-order valence-electron chi connectivity index (χ2n) is 8.91. The van der Waals surface area contributed by atoms with Crippen LogP contribution in [0.4, 0.5) is 22.7 Å². The molecule has 0 fully saturated rings. The molecule has 10 nitrogen and oxygen atoms in total. The van der Waals surface area contributed by atoms with E-state index in [2.05, 4.69) is 22.1 Å². The highest BCUT2D eigenvalue weighted by Crippen LogP contribution is 2.49. The quantitative estimate of drug-likeness (QED) is 0.0743. The van der Waals surface area contributed by atoms with Gasteiger partial charge in [-0.25, -0.2) is 0 Å². The predicted molar refractivity (Wildman–Crippen MR) is 154 cm³/mol. The van der Waals surface area contributed by atoms with Crippen molar-refractivity contribution in [1.29, 1.82) is 0 Å². The molecule has 11 heteroatoms. The number of azo groups is 1. The zero-order valence-corrected chi connectivity index (χ0v) is 22.9. The van der Waals surface area contributed by atoms with Crippen molar-refractivity contribution in [3.8, 4) is 0 Å². The Morgan fingerprint density at radius 3 is 2.23 bits per heavy atom. The van der Waals surface area contributed by atoms with Gasteiger partial charge in [-0.3, -0.25) is 19.5 Å². The summed E-state index contributed by atoms with van der Waals surface area (Å²) in [6, 6.07) is 20.7. The smallest absolute Gasteiger partial charge is 0.274 e. The summed E-state index contributed by atoms with van der Waals surface area (Å²) in [6.45, 7) is 3.86. The van der Waals surface area contributed by atoms with Gasteiger partial charge >= 0.3 is 0 Å². The van der Waals surface area contributed by atoms with Crippen LogP contribution in [-0.4, -0.2) is 37.6 Å². The Morgan fingerprint density at radius 2 is 1.64 bits per heavy atom. The molecule has 1 atom stereocenters. The van der Waals surface area contributed by atoms with E-state index in [4.69, 9.17) is 4.52 Å². The minimum absolute atomic E-state index is 0.0816. The molecule has 1 unspecified atom stereocenters. The van der Waals surface area contributed by atoms with E-state index in [1.165, 1.54) is 11.9 Å². The summed E-state index contributed by atoms with van der Waals surface area (Å²) < 4.78 is 18.5. The van der Waals surface area contributed by atoms with Gasteiger partial charge in [0, 0.05) is 44.1 Å². The maximum atomic E-state index is 13.0. The van der Waals surface area contributed by atoms with Gasteiger partial charge in [-0.1, -0.05) is 18.7 Å². The van der Waals surface area contributed by atoms with Crippen LogP contribution < -0.4 is 10.2 Å². The molecule has 0 saturated carbocycles. The van der Waals surface area contributed by atoms with Crippen LogP contribution in [0.3, 0.4) is 0 Å². The van der Waals surface area contributed by atoms with Crippen molar-refractivity contribution in [3.63, 3.8) is 0 Å². The number of carbonyl (C=O) groups excluding carboxylic acids is 1. The number of nitrogens with one attached hydrogen (secondary N) is 1. The average Bonchev–Trinajstić information content (AvgIpc) is 2.95. The maximum absolute atomic E-state index is 13.0. The third-order valence-corrected chi connectivity index (χ3v) is 7.93. The molecule has 3 aromatic rings. The summed E-state index contributed by atoms with van der Waals surface area (Å²) >= 11 is 0. The maximum Gasteiger partial charge on any atom is 0.274 e. The van der Waals surface area contributed by atoms with Crippen molar-refractivity contribution in [3.05, 3.63) is 106 Å². The molecule has 0 aliphatic rings. The van der Waals surface area contributed by atoms with E-state index in [1.54, 1.807) is 42.5 Å². The lowest BCUT2D eigenvalue weighted by atomic mass is 10.2. The zero-order valence-electron chi connectivity index (χ0n) is 22.0. The van der Waals surface area contributed by atoms with Crippen LogP contribution in [-0.2, 0) is 15.7 Å². The van der Waals surface area contributed by atoms with Crippen molar-refractivity contribution in [2.45, 2.75) is 19.4 Å². The van der Waals surface area contributed by atoms with E-state index in [0.717, 1.165) is 11.4 Å². The molecular formula is C28H32N5O5P. The molecule has 0 saturated heterocycles. The molecule has 1 amide bonds. The number of amides is 1. The topological polar surface area (TPSA) is 126 Å². The normalized spacial score (nSPS) is 12.6. The van der Waals surface area contributed by atoms with Gasteiger partial charge in [-0.15, -0.1) is 0 Å². The fourth-order valence-electron chi connectivity index (χ4n) is 3.57. The van der Waals surface area contributed by atoms with Gasteiger partial charge in [-0.05, 0) is 73.3 Å². The van der Waals surface area contributed by atoms with Crippen molar-refractivity contribution in [2.24, 2.45) is 10.2 Å². The third kappa shape index (κ3) is 8.98. The van der Waals surface area contributed by atoms with Gasteiger partial charge in [0.05, 0.1) is 28.5 Å². The van der Waals surface area contributed by atoms with Crippen LogP contribution >= 0.6 is 7.37 Å². The van der Waals surface area contributed by atoms with Gasteiger partial charge < -0.3 is 14.7 Å². The number of hydrogen-bond donors (Lipinski definition) is 1. The number of para-hydroxylation sites is 1. The lowest BCUT2D eigenvalue weighted by molar-refractivity contribution is -0.385. The van der Waals surface area contributed by atoms with Crippen molar-refractivity contribution in [2.75, 3.05) is 31.7 Å². The number of nitro groups is 1. The van der Waals surface area contributed by atoms with Crippen LogP contribution in [0.2, 0.25) is 0 Å². The van der Waals surface area contributed by atoms with E-state index in [-0.39, 0.29) is 24.4 Å². The average molecular weight is 550 g/mol. The Kier molecular flexibility index (Phi) is 10.7. The number of nitrogens with zero attached hydrogens (tertiary/aromatic N) is 4. The number of anilines is 1. The fraction of sp³-hybridized carbons (Fsp3) is 0.250. The number of nitro benzene ring substituents is 1. The number of carbonyl (C=O) groups is 1. The van der Waals surface area contributed by atoms with Crippen LogP contribution in [0, 0.1) is 10.1 Å². The first kappa shape index (κ1) is 29.4. The monoisotopic (exact) mass is 549 g/mol. The molecule has 204 valence electrons. The molecule has 0 heterocycles. The van der Waals surface area contributed by atoms with Crippen molar-refractivity contribution >= 4 is 36.0 Å². The Morgan fingerprint density at radius 1 is 1.03 bits per heavy atom. The SMILES string of the molecule is C=CP(=O)(CCCCNC(=O)c1ccc(N=Nc2ccc(N(C)C)cc2)cc1)OCc1ccccc1[N+](=O)[O-]. The molecule has 1 N–H and O–H groups in total. The number of rotatable bonds is 14. The van der Waals surface area contributed by atoms with E-state index < -0.39 is 12.3 Å². The van der Waals surface area contributed by atoms with Gasteiger partial charge in [0.25, 0.3) is 11.6 Å². The highest BCUT2D eigenvalue weighted by molar-refractivity contribution is 7.62. The molecule has 0 spiro atoms. The molecule has 3 aromatic carbocycles. The lowest BCUT2D eigenvalue weighted by Crippen LogP contribution is -2.24. The summed E-state index contributed by atoms with van der Waals surface area (Å²) in [7, 11) is 0.766. The third-order valence-electron chi connectivity index (χ3n) is 5.86. The van der Waals surface area contributed by atoms with Crippen molar-refractivity contribution < 1.29 is 18.8 Å². The predicted octanol–water partition coefficient (Wildman–Crippen LogP) is 7.22. The van der Waals surface area contributed by atoms with E-state index in [1.807, 2.05) is 43.3 Å². The molecule has 39 heavy (non-hydrogen) atoms. The molecule has 0 aliphatic carbocycles. The first-order valence-electron chi connectivity index (χ1n) is 12.4. The number of hydrogen-bond acceptors (Lipinski definition) is 8. The number of unbranched alkanes of at least 4 members (excludes halogenated alkanes) is 1. The summed E-state index contributed by atoms with van der Waals surface area (Å²) in [5.74, 6) is 1.05. The zero-order chi connectivity index (χ0) is 28.3. The van der Waals surface area contributed by atoms with Crippen LogP contribution in [0.1, 0.15) is 28.8 Å². The summed E-state index contributed by atoms with van der Waals surface area (Å²) in [5.41, 5.74) is 3.20. The van der Waals surface area contributed by atoms with Gasteiger partial charge in [-0.2, -0.15) is 10.2 Å². The van der Waals surface area contributed by atoms with Crippen molar-refractivity contribution in [1.82, 2.24) is 5.32 Å². The van der Waals surface area contributed by atoms with Crippen LogP contribution in [0.5, 0.6) is 0 Å². The van der Waals surface area contributed by atoms with Crippen LogP contribution in [0.25, 0.3) is 0 Å². The second kappa shape index (κ2) is 14.1. The van der Waals surface area contributed by atoms with Gasteiger partial charge in [0.1, 0.15) is 0 Å². The largest absolute Gasteiger partial charge is 0.378 e. The summed E-state index contributed by atoms with van der Waals surface area (Å²) in [4.78, 5) is 25.1. The summed E-state index contributed by atoms with van der Waals surface area (Å²) in [6.07, 6.45) is 1.33. The Hall–Kier alpha value is -4.14. The Bertz CT molecular complexity index is 1360. The number of benzene rings is 3. The summed E-state index contributed by atoms with van der Waals surface area (Å²) in [5, 5.41) is 22.4. The second-order valence-corrected chi connectivity index (χ2v) is 11.4. The minimum atomic E-state index is -3.17. The molecule has 3 rings (SSSR count). The standard InChI is InChI=1S/C28H32N5O5P/c1-4-39(37,38-21-23-9-5-6-10-27(23)33(35)36)20-8-7-19-29-28(34)22-11-13-24(14-12-22)30-31-25-15-17-26(18-16-25)32(2)3/h4-6,9-18H,1,7-8,19-21H2,2-3H3,(H,29,34). The van der Waals surface area contributed by atoms with E-state index in [0.29, 0.717) is 36.2 Å². The van der Waals surface area contributed by atoms with Crippen LogP contribution in [0.15, 0.2) is 95.4 Å². The Balaban J connectivity index is 1.42. The first-order valence-corrected chi connectivity index (χ1v) is 14.3. The fourth-order valence-corrected chi connectivity index (χ4v) is 5.01. The molecular weight excluding hydrogens is 517 g/mol. The van der Waals surface area contributed by atoms with E-state index in [9.17, 15) is 19.5 Å². The molecule has 0 radical (unpaired) electrons. The van der Waals surface area contributed by atoms with Gasteiger partial charge in [0.15, 0.2) is 0 Å². The lowest BCUT2D eigenvalue weighted by Gasteiger charge is -2.15. The first-order chi connectivity index (χ1) is 18.7. The Labute approximate surface area is 228 Å². The molecule has 0 aromatic heterocycles. The molecule has 0 aliphatic heterocycles. The molecule has 0 bridgehead atoms. The van der Waals surface area contributed by atoms with E-state index >= 15 is 0 Å². The highest BCUT2D eigenvalue weighted by atomic mass is 31.2. The highest BCUT2D eigenvalue weighted by Gasteiger charge is 2.21. The minimum Gasteiger partial charge on any atom is -0.378 e.